The molecule has 8 heteroatoms. The molecular weight excluding hydrogens is 370 g/mol. The average Bonchev–Trinajstić information content (AvgIpc) is 2.65. The molecule has 0 radical (unpaired) electrons. The van der Waals surface area contributed by atoms with Crippen LogP contribution in [0.25, 0.3) is 11.0 Å². The first kappa shape index (κ1) is 16.9. The maximum atomic E-state index is 10.6. The number of aliphatic carboxylic acids is 1. The number of halogens is 2. The molecule has 0 aliphatic carbocycles. The molecule has 0 saturated heterocycles. The number of aromatic amines is 1. The third-order valence-corrected chi connectivity index (χ3v) is 2.38. The van der Waals surface area contributed by atoms with E-state index in [2.05, 4.69) is 9.97 Å². The molecule has 0 fully saturated rings. The number of nitrogens with two attached hydrogens (primary N) is 1. The average molecular weight is 383 g/mol. The van der Waals surface area contributed by atoms with Crippen LogP contribution >= 0.6 is 34.0 Å². The van der Waals surface area contributed by atoms with Gasteiger partial charge < -0.3 is 20.9 Å². The highest BCUT2D eigenvalue weighted by Gasteiger charge is 2.15. The van der Waals surface area contributed by atoms with E-state index < -0.39 is 12.0 Å². The normalized spacial score (nSPS) is 11.4. The second-order valence-electron chi connectivity index (χ2n) is 3.55. The third kappa shape index (κ3) is 3.44. The van der Waals surface area contributed by atoms with Gasteiger partial charge in [0.2, 0.25) is 0 Å². The Morgan fingerprint density at radius 1 is 1.44 bits per heavy atom. The Bertz CT molecular complexity index is 544. The fraction of sp³-hybridized carbons (Fsp3) is 0.200. The lowest BCUT2D eigenvalue weighted by Gasteiger charge is -2.08. The fourth-order valence-electron chi connectivity index (χ4n) is 1.50. The molecule has 6 nitrogen and oxygen atoms in total. The minimum Gasteiger partial charge on any atom is -0.508 e. The van der Waals surface area contributed by atoms with Gasteiger partial charge in [-0.3, -0.25) is 4.79 Å². The van der Waals surface area contributed by atoms with E-state index in [0.717, 1.165) is 0 Å². The minimum absolute atomic E-state index is 0. The van der Waals surface area contributed by atoms with Crippen LogP contribution in [0.3, 0.4) is 0 Å². The van der Waals surface area contributed by atoms with E-state index in [1.54, 1.807) is 6.07 Å². The summed E-state index contributed by atoms with van der Waals surface area (Å²) in [6.45, 7) is 0. The minimum atomic E-state index is -1.10. The molecule has 2 rings (SSSR count). The number of carboxylic acid groups (broad SMARTS) is 1. The predicted molar refractivity (Wildman–Crippen MR) is 77.7 cm³/mol. The van der Waals surface area contributed by atoms with Crippen LogP contribution in [0.1, 0.15) is 5.56 Å². The number of hydrogen-bond donors (Lipinski definition) is 4. The Morgan fingerprint density at radius 2 is 2.11 bits per heavy atom. The lowest BCUT2D eigenvalue weighted by atomic mass is 10.0. The fourth-order valence-corrected chi connectivity index (χ4v) is 1.50. The van der Waals surface area contributed by atoms with Gasteiger partial charge >= 0.3 is 5.97 Å². The van der Waals surface area contributed by atoms with E-state index >= 15 is 0 Å². The van der Waals surface area contributed by atoms with Crippen LogP contribution in [0, 0.1) is 0 Å². The summed E-state index contributed by atoms with van der Waals surface area (Å²) < 4.78 is 0. The molecule has 1 atom stereocenters. The predicted octanol–water partition coefficient (Wildman–Crippen LogP) is 1.38. The standard InChI is InChI=1S/C10H11N3O3.2BrH/c11-6(10(15)16)1-5-2-7-8(3-9(5)14)13-4-12-7;;/h2-4,6,14H,1,11H2,(H,12,13)(H,15,16);2*1H/t6-;;/m0../s1. The molecule has 0 saturated carbocycles. The van der Waals surface area contributed by atoms with E-state index in [-0.39, 0.29) is 46.1 Å². The molecule has 1 aromatic heterocycles. The number of phenolic OH excluding ortho intramolecular Hbond substituents is 1. The van der Waals surface area contributed by atoms with Crippen LogP contribution in [0.2, 0.25) is 0 Å². The first-order valence-electron chi connectivity index (χ1n) is 4.71. The Morgan fingerprint density at radius 3 is 2.72 bits per heavy atom. The van der Waals surface area contributed by atoms with E-state index in [1.807, 2.05) is 0 Å². The van der Waals surface area contributed by atoms with Crippen molar-refractivity contribution < 1.29 is 15.0 Å². The van der Waals surface area contributed by atoms with E-state index in [1.165, 1.54) is 12.4 Å². The maximum Gasteiger partial charge on any atom is 0.320 e. The third-order valence-electron chi connectivity index (χ3n) is 2.38. The van der Waals surface area contributed by atoms with Gasteiger partial charge in [-0.25, -0.2) is 4.98 Å². The number of fused-ring (bicyclic) bond motifs is 1. The number of aromatic hydroxyl groups is 1. The first-order chi connectivity index (χ1) is 7.58. The van der Waals surface area contributed by atoms with Gasteiger partial charge in [0.25, 0.3) is 0 Å². The van der Waals surface area contributed by atoms with Crippen molar-refractivity contribution in [3.63, 3.8) is 0 Å². The number of nitrogens with zero attached hydrogens (tertiary/aromatic N) is 1. The van der Waals surface area contributed by atoms with Gasteiger partial charge in [0.05, 0.1) is 17.4 Å². The summed E-state index contributed by atoms with van der Waals surface area (Å²) in [5.41, 5.74) is 7.25. The number of nitrogens with one attached hydrogen (secondary N) is 1. The summed E-state index contributed by atoms with van der Waals surface area (Å²) in [6.07, 6.45) is 1.58. The molecule has 0 bridgehead atoms. The number of carboxylic acids is 1. The second kappa shape index (κ2) is 6.72. The van der Waals surface area contributed by atoms with Crippen molar-refractivity contribution in [2.45, 2.75) is 12.5 Å². The number of phenols is 1. The van der Waals surface area contributed by atoms with Crippen molar-refractivity contribution in [1.82, 2.24) is 9.97 Å². The van der Waals surface area contributed by atoms with Crippen molar-refractivity contribution >= 4 is 51.0 Å². The summed E-state index contributed by atoms with van der Waals surface area (Å²) in [5.74, 6) is -1.07. The number of imidazole rings is 1. The van der Waals surface area contributed by atoms with Gasteiger partial charge in [-0.1, -0.05) is 0 Å². The van der Waals surface area contributed by atoms with Gasteiger partial charge in [-0.05, 0) is 11.6 Å². The summed E-state index contributed by atoms with van der Waals surface area (Å²) in [6, 6.07) is 2.11. The van der Waals surface area contributed by atoms with Crippen LogP contribution < -0.4 is 5.73 Å². The largest absolute Gasteiger partial charge is 0.508 e. The first-order valence-corrected chi connectivity index (χ1v) is 4.71. The van der Waals surface area contributed by atoms with Gasteiger partial charge in [0, 0.05) is 12.5 Å². The quantitative estimate of drug-likeness (QED) is 0.640. The molecule has 18 heavy (non-hydrogen) atoms. The monoisotopic (exact) mass is 381 g/mol. The zero-order valence-corrected chi connectivity index (χ0v) is 12.6. The topological polar surface area (TPSA) is 112 Å². The molecule has 100 valence electrons. The smallest absolute Gasteiger partial charge is 0.320 e. The second-order valence-corrected chi connectivity index (χ2v) is 3.55. The van der Waals surface area contributed by atoms with Gasteiger partial charge in [-0.2, -0.15) is 0 Å². The van der Waals surface area contributed by atoms with Gasteiger partial charge in [0.1, 0.15) is 11.8 Å². The van der Waals surface area contributed by atoms with Crippen molar-refractivity contribution in [3.05, 3.63) is 24.0 Å². The van der Waals surface area contributed by atoms with Gasteiger partial charge in [0.15, 0.2) is 0 Å². The number of carbonyl (C=O) groups is 1. The number of H-pyrrole nitrogens is 1. The molecular formula is C10H13Br2N3O3. The Labute approximate surface area is 124 Å². The number of rotatable bonds is 3. The van der Waals surface area contributed by atoms with Crippen LogP contribution in [-0.4, -0.2) is 32.2 Å². The zero-order chi connectivity index (χ0) is 11.7. The number of aromatic nitrogens is 2. The summed E-state index contributed by atoms with van der Waals surface area (Å²) >= 11 is 0. The van der Waals surface area contributed by atoms with Crippen LogP contribution in [0.4, 0.5) is 0 Å². The molecule has 5 N–H and O–H groups in total. The SMILES string of the molecule is Br.Br.N[C@@H](Cc1cc2nc[nH]c2cc1O)C(=O)O. The molecule has 0 amide bonds. The molecule has 0 aliphatic heterocycles. The van der Waals surface area contributed by atoms with Crippen LogP contribution in [-0.2, 0) is 11.2 Å². The van der Waals surface area contributed by atoms with E-state index in [0.29, 0.717) is 16.6 Å². The molecule has 2 aromatic rings. The highest BCUT2D eigenvalue weighted by atomic mass is 79.9. The Balaban J connectivity index is 0.00000144. The Hall–Kier alpha value is -1.12. The summed E-state index contributed by atoms with van der Waals surface area (Å²) in [4.78, 5) is 17.5. The van der Waals surface area contributed by atoms with Crippen molar-refractivity contribution in [1.29, 1.82) is 0 Å². The van der Waals surface area contributed by atoms with E-state index in [9.17, 15) is 9.90 Å². The molecule has 1 heterocycles. The van der Waals surface area contributed by atoms with Crippen molar-refractivity contribution in [2.24, 2.45) is 5.73 Å². The van der Waals surface area contributed by atoms with Crippen molar-refractivity contribution in [2.75, 3.05) is 0 Å². The molecule has 0 unspecified atom stereocenters. The molecule has 1 aromatic carbocycles. The van der Waals surface area contributed by atoms with Crippen LogP contribution in [0.15, 0.2) is 18.5 Å². The number of benzene rings is 1. The van der Waals surface area contributed by atoms with Crippen LogP contribution in [0.5, 0.6) is 5.75 Å². The molecule has 0 aliphatic rings. The zero-order valence-electron chi connectivity index (χ0n) is 9.16. The van der Waals surface area contributed by atoms with Crippen molar-refractivity contribution in [3.8, 4) is 5.75 Å². The lowest BCUT2D eigenvalue weighted by Crippen LogP contribution is -2.32. The highest BCUT2D eigenvalue weighted by molar-refractivity contribution is 8.93. The lowest BCUT2D eigenvalue weighted by molar-refractivity contribution is -0.138. The molecule has 0 spiro atoms. The Kier molecular flexibility index (Phi) is 6.30. The maximum absolute atomic E-state index is 10.6. The van der Waals surface area contributed by atoms with Gasteiger partial charge in [-0.15, -0.1) is 34.0 Å². The summed E-state index contributed by atoms with van der Waals surface area (Å²) in [7, 11) is 0. The summed E-state index contributed by atoms with van der Waals surface area (Å²) in [5, 5.41) is 18.3. The highest BCUT2D eigenvalue weighted by Crippen LogP contribution is 2.23. The number of hydrogen-bond acceptors (Lipinski definition) is 4. The van der Waals surface area contributed by atoms with E-state index in [4.69, 9.17) is 10.8 Å².